The average Bonchev–Trinajstić information content (AvgIpc) is 3.36. The molecule has 1 aliphatic heterocycles. The molecule has 2 aromatic rings. The average molecular weight is 470 g/mol. The predicted octanol–water partition coefficient (Wildman–Crippen LogP) is 4.41. The van der Waals surface area contributed by atoms with E-state index in [1.165, 1.54) is 11.9 Å². The van der Waals surface area contributed by atoms with E-state index < -0.39 is 36.5 Å². The molecule has 0 bridgehead atoms. The van der Waals surface area contributed by atoms with Crippen molar-refractivity contribution >= 4 is 34.5 Å². The summed E-state index contributed by atoms with van der Waals surface area (Å²) in [6, 6.07) is 4.97. The lowest BCUT2D eigenvalue weighted by molar-refractivity contribution is -0.154. The molecule has 1 saturated carbocycles. The van der Waals surface area contributed by atoms with E-state index in [0.717, 1.165) is 11.3 Å². The molecular weight excluding hydrogens is 444 g/mol. The van der Waals surface area contributed by atoms with Crippen LogP contribution in [0.4, 0.5) is 13.6 Å². The first kappa shape index (κ1) is 22.8. The van der Waals surface area contributed by atoms with Crippen LogP contribution in [0, 0.1) is 0 Å². The Bertz CT molecular complexity index is 1050. The third-order valence-electron chi connectivity index (χ3n) is 6.83. The number of carbonyl (C=O) groups is 2. The van der Waals surface area contributed by atoms with Crippen LogP contribution in [-0.4, -0.2) is 67.9 Å². The zero-order valence-electron chi connectivity index (χ0n) is 17.7. The summed E-state index contributed by atoms with van der Waals surface area (Å²) in [5, 5.41) is 21.2. The molecule has 32 heavy (non-hydrogen) atoms. The fourth-order valence-corrected chi connectivity index (χ4v) is 5.12. The molecule has 0 spiro atoms. The van der Waals surface area contributed by atoms with Crippen molar-refractivity contribution < 1.29 is 28.6 Å². The second-order valence-electron chi connectivity index (χ2n) is 8.80. The molecule has 1 atom stereocenters. The number of halogens is 3. The Morgan fingerprint density at radius 1 is 1.25 bits per heavy atom. The highest BCUT2D eigenvalue weighted by molar-refractivity contribution is 6.36. The highest BCUT2D eigenvalue weighted by Crippen LogP contribution is 2.41. The number of fused-ring (bicyclic) bond motifs is 1. The summed E-state index contributed by atoms with van der Waals surface area (Å²) >= 11 is 6.43. The number of aliphatic hydroxyl groups is 1. The molecule has 7 nitrogen and oxygen atoms in total. The molecule has 1 aromatic heterocycles. The number of benzene rings is 1. The molecule has 1 aromatic carbocycles. The van der Waals surface area contributed by atoms with Crippen molar-refractivity contribution in [2.24, 2.45) is 0 Å². The highest BCUT2D eigenvalue weighted by Gasteiger charge is 2.46. The predicted molar refractivity (Wildman–Crippen MR) is 115 cm³/mol. The Balaban J connectivity index is 1.67. The number of rotatable bonds is 4. The van der Waals surface area contributed by atoms with Gasteiger partial charge in [0.1, 0.15) is 5.72 Å². The van der Waals surface area contributed by atoms with Crippen molar-refractivity contribution in [3.8, 4) is 0 Å². The molecule has 2 amide bonds. The molecule has 2 fully saturated rings. The summed E-state index contributed by atoms with van der Waals surface area (Å²) in [6.07, 6.45) is 0.706. The van der Waals surface area contributed by atoms with E-state index in [2.05, 4.69) is 0 Å². The molecule has 174 valence electrons. The van der Waals surface area contributed by atoms with Crippen LogP contribution in [0.5, 0.6) is 0 Å². The van der Waals surface area contributed by atoms with Crippen molar-refractivity contribution in [1.29, 1.82) is 0 Å². The third kappa shape index (κ3) is 4.03. The number of likely N-dealkylation sites (tertiary alicyclic amines) is 1. The minimum absolute atomic E-state index is 0.218. The van der Waals surface area contributed by atoms with E-state index in [9.17, 15) is 28.6 Å². The lowest BCUT2D eigenvalue weighted by Gasteiger charge is -2.42. The number of carboxylic acid groups (broad SMARTS) is 1. The van der Waals surface area contributed by atoms with Crippen LogP contribution in [0.25, 0.3) is 10.9 Å². The number of carbonyl (C=O) groups excluding carboxylic acids is 1. The molecule has 2 aliphatic rings. The van der Waals surface area contributed by atoms with E-state index in [4.69, 9.17) is 11.6 Å². The molecule has 2 heterocycles. The maximum Gasteiger partial charge on any atom is 0.407 e. The highest BCUT2D eigenvalue weighted by atomic mass is 35.5. The maximum absolute atomic E-state index is 13.6. The molecule has 0 unspecified atom stereocenters. The molecule has 4 rings (SSSR count). The van der Waals surface area contributed by atoms with Gasteiger partial charge in [-0.1, -0.05) is 17.7 Å². The smallest absolute Gasteiger partial charge is 0.407 e. The monoisotopic (exact) mass is 469 g/mol. The first-order chi connectivity index (χ1) is 15.0. The van der Waals surface area contributed by atoms with Gasteiger partial charge in [0.15, 0.2) is 0 Å². The largest absolute Gasteiger partial charge is 0.465 e. The molecule has 1 saturated heterocycles. The van der Waals surface area contributed by atoms with E-state index in [1.807, 2.05) is 4.57 Å². The summed E-state index contributed by atoms with van der Waals surface area (Å²) in [5.74, 6) is -3.36. The second-order valence-corrected chi connectivity index (χ2v) is 9.21. The van der Waals surface area contributed by atoms with Gasteiger partial charge in [-0.25, -0.2) is 13.6 Å². The Kier molecular flexibility index (Phi) is 5.83. The standard InChI is InChI=1S/C22H26ClF2N3O4/c1-26(22(32)9-7-21(24,25)8-10-22)19(29)15-13-27(17-6-2-5-16(23)18(15)17)12-14-4-3-11-28(14)20(30)31/h2,5-6,13-14,32H,3-4,7-12H2,1H3,(H,30,31)/t14-/m0/s1. The number of amides is 2. The molecular formula is C22H26ClF2N3O4. The second kappa shape index (κ2) is 8.19. The van der Waals surface area contributed by atoms with Crippen LogP contribution in [-0.2, 0) is 6.54 Å². The Hall–Kier alpha value is -2.39. The van der Waals surface area contributed by atoms with Gasteiger partial charge in [-0.05, 0) is 25.0 Å². The number of nitrogens with zero attached hydrogens (tertiary/aromatic N) is 3. The van der Waals surface area contributed by atoms with Crippen molar-refractivity contribution in [3.63, 3.8) is 0 Å². The van der Waals surface area contributed by atoms with Crippen LogP contribution < -0.4 is 0 Å². The number of aromatic nitrogens is 1. The van der Waals surface area contributed by atoms with E-state index in [0.29, 0.717) is 35.4 Å². The summed E-state index contributed by atoms with van der Waals surface area (Å²) in [4.78, 5) is 27.5. The maximum atomic E-state index is 13.6. The third-order valence-corrected chi connectivity index (χ3v) is 7.14. The van der Waals surface area contributed by atoms with Crippen molar-refractivity contribution in [1.82, 2.24) is 14.4 Å². The first-order valence-electron chi connectivity index (χ1n) is 10.7. The van der Waals surface area contributed by atoms with Gasteiger partial charge < -0.3 is 24.6 Å². The SMILES string of the molecule is CN(C(=O)c1cn(C[C@@H]2CCCN2C(=O)O)c2cccc(Cl)c12)C1(O)CCC(F)(F)CC1. The fourth-order valence-electron chi connectivity index (χ4n) is 4.85. The van der Waals surface area contributed by atoms with Gasteiger partial charge in [-0.15, -0.1) is 0 Å². The lowest BCUT2D eigenvalue weighted by Crippen LogP contribution is -2.53. The van der Waals surface area contributed by atoms with Crippen LogP contribution in [0.15, 0.2) is 24.4 Å². The molecule has 1 aliphatic carbocycles. The minimum Gasteiger partial charge on any atom is -0.465 e. The molecule has 0 radical (unpaired) electrons. The summed E-state index contributed by atoms with van der Waals surface area (Å²) in [7, 11) is 1.41. The Morgan fingerprint density at radius 2 is 1.94 bits per heavy atom. The number of hydrogen-bond donors (Lipinski definition) is 2. The van der Waals surface area contributed by atoms with Crippen LogP contribution in [0.3, 0.4) is 0 Å². The van der Waals surface area contributed by atoms with Crippen LogP contribution in [0.2, 0.25) is 5.02 Å². The quantitative estimate of drug-likeness (QED) is 0.649. The Labute approximate surface area is 189 Å². The van der Waals surface area contributed by atoms with Gasteiger partial charge in [0.2, 0.25) is 5.92 Å². The topological polar surface area (TPSA) is 86.0 Å². The normalized spacial score (nSPS) is 22.3. The summed E-state index contributed by atoms with van der Waals surface area (Å²) in [6.45, 7) is 0.822. The zero-order valence-corrected chi connectivity index (χ0v) is 18.5. The van der Waals surface area contributed by atoms with Gasteiger partial charge in [0.25, 0.3) is 5.91 Å². The first-order valence-corrected chi connectivity index (χ1v) is 11.1. The summed E-state index contributed by atoms with van der Waals surface area (Å²) < 4.78 is 29.0. The van der Waals surface area contributed by atoms with Gasteiger partial charge in [0, 0.05) is 57.4 Å². The number of alkyl halides is 2. The zero-order chi connectivity index (χ0) is 23.3. The number of hydrogen-bond acceptors (Lipinski definition) is 3. The van der Waals surface area contributed by atoms with Crippen LogP contribution in [0.1, 0.15) is 48.9 Å². The fraction of sp³-hybridized carbons (Fsp3) is 0.545. The van der Waals surface area contributed by atoms with Gasteiger partial charge in [-0.2, -0.15) is 0 Å². The molecule has 10 heteroatoms. The van der Waals surface area contributed by atoms with E-state index in [-0.39, 0.29) is 24.4 Å². The van der Waals surface area contributed by atoms with Crippen molar-refractivity contribution in [2.45, 2.75) is 62.8 Å². The van der Waals surface area contributed by atoms with E-state index in [1.54, 1.807) is 24.4 Å². The van der Waals surface area contributed by atoms with Crippen molar-refractivity contribution in [2.75, 3.05) is 13.6 Å². The van der Waals surface area contributed by atoms with Crippen LogP contribution >= 0.6 is 11.6 Å². The van der Waals surface area contributed by atoms with Gasteiger partial charge >= 0.3 is 6.09 Å². The molecule has 2 N–H and O–H groups in total. The van der Waals surface area contributed by atoms with E-state index >= 15 is 0 Å². The summed E-state index contributed by atoms with van der Waals surface area (Å²) in [5.41, 5.74) is -0.743. The lowest BCUT2D eigenvalue weighted by atomic mass is 9.87. The Morgan fingerprint density at radius 3 is 2.59 bits per heavy atom. The minimum atomic E-state index is -2.84. The van der Waals surface area contributed by atoms with Gasteiger partial charge in [0.05, 0.1) is 22.1 Å². The van der Waals surface area contributed by atoms with Crippen molar-refractivity contribution in [3.05, 3.63) is 35.0 Å². The van der Waals surface area contributed by atoms with Gasteiger partial charge in [-0.3, -0.25) is 4.79 Å².